The van der Waals surface area contributed by atoms with E-state index in [1.54, 1.807) is 10.9 Å². The van der Waals surface area contributed by atoms with Crippen molar-refractivity contribution in [2.45, 2.75) is 32.4 Å². The third kappa shape index (κ3) is 4.89. The minimum Gasteiger partial charge on any atom is -0.396 e. The highest BCUT2D eigenvalue weighted by Gasteiger charge is 2.06. The zero-order valence-electron chi connectivity index (χ0n) is 12.7. The van der Waals surface area contributed by atoms with Crippen molar-refractivity contribution < 1.29 is 9.90 Å². The number of benzene rings is 1. The quantitative estimate of drug-likeness (QED) is 0.730. The summed E-state index contributed by atoms with van der Waals surface area (Å²) in [5, 5.41) is 18.6. The highest BCUT2D eigenvalue weighted by Crippen LogP contribution is 2.08. The van der Waals surface area contributed by atoms with Gasteiger partial charge in [0, 0.05) is 31.6 Å². The second-order valence-electron chi connectivity index (χ2n) is 5.21. The molecule has 0 aliphatic carbocycles. The summed E-state index contributed by atoms with van der Waals surface area (Å²) in [4.78, 5) is 11.7. The van der Waals surface area contributed by atoms with Crippen molar-refractivity contribution in [1.29, 1.82) is 0 Å². The summed E-state index contributed by atoms with van der Waals surface area (Å²) < 4.78 is 1.78. The van der Waals surface area contributed by atoms with E-state index in [4.69, 9.17) is 5.11 Å². The van der Waals surface area contributed by atoms with Gasteiger partial charge in [-0.05, 0) is 43.5 Å². The van der Waals surface area contributed by atoms with E-state index in [9.17, 15) is 4.79 Å². The van der Waals surface area contributed by atoms with Gasteiger partial charge in [0.25, 0.3) is 0 Å². The number of hydrogen-bond acceptors (Lipinski definition) is 3. The molecule has 2 rings (SSSR count). The molecule has 2 amide bonds. The molecule has 1 aromatic heterocycles. The van der Waals surface area contributed by atoms with Crippen molar-refractivity contribution in [2.75, 3.05) is 6.61 Å². The topological polar surface area (TPSA) is 79.2 Å². The molecule has 1 heterocycles. The van der Waals surface area contributed by atoms with Gasteiger partial charge >= 0.3 is 6.03 Å². The van der Waals surface area contributed by atoms with Crippen molar-refractivity contribution in [1.82, 2.24) is 20.4 Å². The molecule has 118 valence electrons. The van der Waals surface area contributed by atoms with Crippen LogP contribution in [0.2, 0.25) is 0 Å². The van der Waals surface area contributed by atoms with Crippen molar-refractivity contribution >= 4 is 6.03 Å². The molecule has 0 spiro atoms. The van der Waals surface area contributed by atoms with Gasteiger partial charge in [-0.1, -0.05) is 12.1 Å². The lowest BCUT2D eigenvalue weighted by Crippen LogP contribution is -2.40. The molecule has 1 atom stereocenters. The average molecular weight is 302 g/mol. The summed E-state index contributed by atoms with van der Waals surface area (Å²) >= 11 is 0. The summed E-state index contributed by atoms with van der Waals surface area (Å²) in [7, 11) is 0. The van der Waals surface area contributed by atoms with E-state index in [1.807, 2.05) is 43.5 Å². The number of rotatable bonds is 7. The van der Waals surface area contributed by atoms with Crippen LogP contribution < -0.4 is 10.6 Å². The Hall–Kier alpha value is -2.34. The summed E-state index contributed by atoms with van der Waals surface area (Å²) in [6.07, 6.45) is 5.07. The van der Waals surface area contributed by atoms with Gasteiger partial charge in [-0.25, -0.2) is 9.48 Å². The maximum absolute atomic E-state index is 11.7. The van der Waals surface area contributed by atoms with Gasteiger partial charge in [-0.15, -0.1) is 0 Å². The molecule has 0 saturated carbocycles. The van der Waals surface area contributed by atoms with Crippen molar-refractivity contribution in [2.24, 2.45) is 0 Å². The second-order valence-corrected chi connectivity index (χ2v) is 5.21. The van der Waals surface area contributed by atoms with E-state index in [0.29, 0.717) is 13.0 Å². The average Bonchev–Trinajstić information content (AvgIpc) is 3.06. The summed E-state index contributed by atoms with van der Waals surface area (Å²) in [5.74, 6) is 0. The fraction of sp³-hybridized carbons (Fsp3) is 0.375. The van der Waals surface area contributed by atoms with Crippen molar-refractivity contribution in [3.63, 3.8) is 0 Å². The summed E-state index contributed by atoms with van der Waals surface area (Å²) in [6.45, 7) is 2.54. The van der Waals surface area contributed by atoms with Gasteiger partial charge in [0.05, 0.1) is 5.69 Å². The molecule has 0 fully saturated rings. The van der Waals surface area contributed by atoms with Crippen LogP contribution in [0.3, 0.4) is 0 Å². The van der Waals surface area contributed by atoms with Crippen LogP contribution in [0.1, 0.15) is 25.3 Å². The number of hydrogen-bond donors (Lipinski definition) is 3. The molecule has 0 radical (unpaired) electrons. The molecule has 2 aromatic rings. The van der Waals surface area contributed by atoms with E-state index < -0.39 is 0 Å². The van der Waals surface area contributed by atoms with Gasteiger partial charge in [0.15, 0.2) is 0 Å². The fourth-order valence-corrected chi connectivity index (χ4v) is 2.11. The van der Waals surface area contributed by atoms with Gasteiger partial charge in [-0.3, -0.25) is 0 Å². The van der Waals surface area contributed by atoms with Crippen LogP contribution in [0, 0.1) is 0 Å². The highest BCUT2D eigenvalue weighted by molar-refractivity contribution is 5.74. The predicted molar refractivity (Wildman–Crippen MR) is 84.7 cm³/mol. The molecular weight excluding hydrogens is 280 g/mol. The normalized spacial score (nSPS) is 11.9. The zero-order valence-corrected chi connectivity index (χ0v) is 12.7. The third-order valence-electron chi connectivity index (χ3n) is 3.33. The molecule has 0 aliphatic heterocycles. The third-order valence-corrected chi connectivity index (χ3v) is 3.33. The monoisotopic (exact) mass is 302 g/mol. The number of nitrogens with one attached hydrogen (secondary N) is 2. The first-order valence-corrected chi connectivity index (χ1v) is 7.43. The molecule has 1 aromatic carbocycles. The first-order valence-electron chi connectivity index (χ1n) is 7.43. The Balaban J connectivity index is 1.78. The lowest BCUT2D eigenvalue weighted by atomic mass is 10.2. The molecular formula is C16H22N4O2. The molecule has 1 unspecified atom stereocenters. The van der Waals surface area contributed by atoms with Gasteiger partial charge in [0.1, 0.15) is 0 Å². The summed E-state index contributed by atoms with van der Waals surface area (Å²) in [6, 6.07) is 9.59. The minimum absolute atomic E-state index is 0.0503. The van der Waals surface area contributed by atoms with Crippen LogP contribution >= 0.6 is 0 Å². The minimum atomic E-state index is -0.193. The Morgan fingerprint density at radius 3 is 2.77 bits per heavy atom. The van der Waals surface area contributed by atoms with Gasteiger partial charge in [-0.2, -0.15) is 5.10 Å². The van der Waals surface area contributed by atoms with Crippen LogP contribution in [0.15, 0.2) is 42.7 Å². The van der Waals surface area contributed by atoms with E-state index in [2.05, 4.69) is 15.7 Å². The number of aliphatic hydroxyl groups excluding tert-OH is 1. The van der Waals surface area contributed by atoms with Crippen LogP contribution in [0.5, 0.6) is 0 Å². The molecule has 6 nitrogen and oxygen atoms in total. The first-order chi connectivity index (χ1) is 10.7. The Morgan fingerprint density at radius 1 is 1.36 bits per heavy atom. The smallest absolute Gasteiger partial charge is 0.315 e. The first kappa shape index (κ1) is 16.0. The number of aromatic nitrogens is 2. The Bertz CT molecular complexity index is 566. The fourth-order valence-electron chi connectivity index (χ4n) is 2.11. The number of carbonyl (C=O) groups is 1. The SMILES string of the molecule is CC(CCCO)NC(=O)NCc1ccc(-n2cccn2)cc1. The van der Waals surface area contributed by atoms with Crippen LogP contribution in [-0.2, 0) is 6.54 Å². The lowest BCUT2D eigenvalue weighted by Gasteiger charge is -2.14. The van der Waals surface area contributed by atoms with E-state index in [1.165, 1.54) is 0 Å². The molecule has 3 N–H and O–H groups in total. The number of aliphatic hydroxyl groups is 1. The largest absolute Gasteiger partial charge is 0.396 e. The molecule has 0 aliphatic rings. The van der Waals surface area contributed by atoms with E-state index in [-0.39, 0.29) is 18.7 Å². The maximum Gasteiger partial charge on any atom is 0.315 e. The predicted octanol–water partition coefficient (Wildman–Crippen LogP) is 1.83. The standard InChI is InChI=1S/C16H22N4O2/c1-13(4-2-11-21)19-16(22)17-12-14-5-7-15(8-6-14)20-10-3-9-18-20/h3,5-10,13,21H,2,4,11-12H2,1H3,(H2,17,19,22). The second kappa shape index (κ2) is 8.19. The Morgan fingerprint density at radius 2 is 2.14 bits per heavy atom. The lowest BCUT2D eigenvalue weighted by molar-refractivity contribution is 0.234. The number of carbonyl (C=O) groups excluding carboxylic acids is 1. The zero-order chi connectivity index (χ0) is 15.8. The summed E-state index contributed by atoms with van der Waals surface area (Å²) in [5.41, 5.74) is 2.00. The van der Waals surface area contributed by atoms with Crippen molar-refractivity contribution in [3.8, 4) is 5.69 Å². The van der Waals surface area contributed by atoms with Gasteiger partial charge in [0.2, 0.25) is 0 Å². The molecule has 0 saturated heterocycles. The van der Waals surface area contributed by atoms with Crippen LogP contribution in [0.4, 0.5) is 4.79 Å². The maximum atomic E-state index is 11.7. The highest BCUT2D eigenvalue weighted by atomic mass is 16.3. The molecule has 22 heavy (non-hydrogen) atoms. The van der Waals surface area contributed by atoms with Crippen LogP contribution in [0.25, 0.3) is 5.69 Å². The Labute approximate surface area is 130 Å². The molecule has 6 heteroatoms. The number of amides is 2. The Kier molecular flexibility index (Phi) is 5.97. The number of urea groups is 1. The van der Waals surface area contributed by atoms with E-state index >= 15 is 0 Å². The number of nitrogens with zero attached hydrogens (tertiary/aromatic N) is 2. The van der Waals surface area contributed by atoms with Crippen molar-refractivity contribution in [3.05, 3.63) is 48.3 Å². The van der Waals surface area contributed by atoms with Crippen LogP contribution in [-0.4, -0.2) is 33.6 Å². The molecule has 0 bridgehead atoms. The van der Waals surface area contributed by atoms with Gasteiger partial charge < -0.3 is 15.7 Å². The van der Waals surface area contributed by atoms with E-state index in [0.717, 1.165) is 17.7 Å².